The molecule has 0 saturated carbocycles. The van der Waals surface area contributed by atoms with Crippen LogP contribution in [0.5, 0.6) is 0 Å². The topological polar surface area (TPSA) is 101 Å². The lowest BCUT2D eigenvalue weighted by molar-refractivity contribution is -0.837. The molecule has 204 valence electrons. The summed E-state index contributed by atoms with van der Waals surface area (Å²) in [5.74, 6) is 2.37. The van der Waals surface area contributed by atoms with E-state index in [-0.39, 0.29) is 6.61 Å². The second kappa shape index (κ2) is 20.6. The van der Waals surface area contributed by atoms with Gasteiger partial charge in [-0.05, 0) is 26.2 Å². The van der Waals surface area contributed by atoms with Gasteiger partial charge in [-0.1, -0.05) is 90.9 Å². The Kier molecular flexibility index (Phi) is 20.3. The van der Waals surface area contributed by atoms with E-state index >= 15 is 0 Å². The van der Waals surface area contributed by atoms with E-state index in [2.05, 4.69) is 29.9 Å². The number of hydrogen-bond acceptors (Lipinski definition) is 5. The van der Waals surface area contributed by atoms with E-state index in [0.717, 1.165) is 36.6 Å². The monoisotopic (exact) mass is 507 g/mol. The normalized spacial score (nSPS) is 18.1. The quantitative estimate of drug-likeness (QED) is 0.113. The van der Waals surface area contributed by atoms with Crippen LogP contribution >= 0.6 is 0 Å². The van der Waals surface area contributed by atoms with Gasteiger partial charge in [0.25, 0.3) is 0 Å². The van der Waals surface area contributed by atoms with Crippen molar-refractivity contribution in [2.75, 3.05) is 39.4 Å². The summed E-state index contributed by atoms with van der Waals surface area (Å²) in [6.07, 6.45) is 19.7. The molecule has 0 radical (unpaired) electrons. The number of amidine groups is 1. The van der Waals surface area contributed by atoms with Crippen LogP contribution in [0.15, 0.2) is 0 Å². The van der Waals surface area contributed by atoms with Crippen LogP contribution < -0.4 is 4.99 Å². The molecule has 1 rings (SSSR count). The third kappa shape index (κ3) is 17.8. The molecule has 0 saturated heterocycles. The van der Waals surface area contributed by atoms with Crippen LogP contribution in [0.4, 0.5) is 0 Å². The number of unbranched alkanes of at least 4 members (excludes halogenated alkanes) is 11. The van der Waals surface area contributed by atoms with E-state index < -0.39 is 10.4 Å². The number of aliphatic hydroxyl groups excluding tert-OH is 1. The fourth-order valence-electron chi connectivity index (χ4n) is 4.74. The van der Waals surface area contributed by atoms with Gasteiger partial charge in [-0.2, -0.15) is 4.99 Å². The van der Waals surface area contributed by atoms with E-state index in [1.54, 1.807) is 0 Å². The number of likely N-dealkylation sites (N-methyl/N-ethyl adjacent to an activating group) is 1. The molecule has 0 aromatic rings. The first kappa shape index (κ1) is 33.5. The first-order valence-electron chi connectivity index (χ1n) is 13.9. The molecular weight excluding hydrogens is 452 g/mol. The highest BCUT2D eigenvalue weighted by atomic mass is 32.3. The number of aliphatic hydroxyl groups is 1. The Morgan fingerprint density at radius 2 is 1.44 bits per heavy atom. The van der Waals surface area contributed by atoms with Crippen molar-refractivity contribution in [3.8, 4) is 0 Å². The second-order valence-corrected chi connectivity index (χ2v) is 11.0. The summed E-state index contributed by atoms with van der Waals surface area (Å²) >= 11 is 0. The molecule has 1 unspecified atom stereocenters. The van der Waals surface area contributed by atoms with Gasteiger partial charge in [0.15, 0.2) is 6.54 Å². The molecule has 0 aromatic carbocycles. The van der Waals surface area contributed by atoms with Gasteiger partial charge in [-0.25, -0.2) is 12.9 Å². The van der Waals surface area contributed by atoms with Gasteiger partial charge in [0, 0.05) is 0 Å². The largest absolute Gasteiger partial charge is 0.726 e. The van der Waals surface area contributed by atoms with Crippen LogP contribution in [0.1, 0.15) is 118 Å². The summed E-state index contributed by atoms with van der Waals surface area (Å²) in [6, 6.07) is 0. The zero-order valence-corrected chi connectivity index (χ0v) is 23.5. The van der Waals surface area contributed by atoms with Crippen molar-refractivity contribution >= 4 is 16.2 Å². The highest BCUT2D eigenvalue weighted by molar-refractivity contribution is 7.80. The molecule has 0 aromatic heterocycles. The molecule has 1 heterocycles. The second-order valence-electron chi connectivity index (χ2n) is 10.00. The molecule has 7 nitrogen and oxygen atoms in total. The third-order valence-corrected chi connectivity index (χ3v) is 7.31. The standard InChI is InChI=1S/C24H49N2O.C2H6O4S/c1-4-26(21-22-27)20-19-25-24(26)18-16-14-12-10-8-6-5-7-9-11-13-15-17-23(2)3;1-2-6-7(3,4)5/h23,27H,4-22H2,1-3H3;2H2,1H3,(H,3,4,5)/q+1;. The predicted octanol–water partition coefficient (Wildman–Crippen LogP) is 3.91. The molecular formula is C26H55N2O5S+. The molecule has 1 aliphatic rings. The highest BCUT2D eigenvalue weighted by Crippen LogP contribution is 2.16. The lowest BCUT2D eigenvalue weighted by Gasteiger charge is -2.28. The van der Waals surface area contributed by atoms with Crippen molar-refractivity contribution in [3.63, 3.8) is 0 Å². The summed E-state index contributed by atoms with van der Waals surface area (Å²) in [6.45, 7) is 12.8. The van der Waals surface area contributed by atoms with E-state index in [0.29, 0.717) is 6.61 Å². The van der Waals surface area contributed by atoms with Crippen LogP contribution in [-0.2, 0) is 14.6 Å². The lowest BCUT2D eigenvalue weighted by Crippen LogP contribution is -2.72. The minimum atomic E-state index is -4.42. The van der Waals surface area contributed by atoms with E-state index in [9.17, 15) is 18.1 Å². The zero-order valence-electron chi connectivity index (χ0n) is 22.7. The fraction of sp³-hybridized carbons (Fsp3) is 0.962. The van der Waals surface area contributed by atoms with Crippen molar-refractivity contribution in [2.45, 2.75) is 118 Å². The van der Waals surface area contributed by atoms with Crippen LogP contribution in [0, 0.1) is 5.92 Å². The maximum atomic E-state index is 9.45. The Hall–Kier alpha value is -0.540. The molecule has 0 amide bonds. The average molecular weight is 508 g/mol. The summed E-state index contributed by atoms with van der Waals surface area (Å²) in [7, 11) is -4.42. The minimum Gasteiger partial charge on any atom is -0.726 e. The van der Waals surface area contributed by atoms with Crippen molar-refractivity contribution in [2.24, 2.45) is 5.92 Å². The van der Waals surface area contributed by atoms with Crippen molar-refractivity contribution in [3.05, 3.63) is 0 Å². The van der Waals surface area contributed by atoms with E-state index in [1.165, 1.54) is 103 Å². The molecule has 0 spiro atoms. The fourth-order valence-corrected chi connectivity index (χ4v) is 5.03. The number of hydrogen-bond donors (Lipinski definition) is 2. The van der Waals surface area contributed by atoms with Gasteiger partial charge in [-0.15, -0.1) is 0 Å². The highest BCUT2D eigenvalue weighted by Gasteiger charge is 2.40. The molecule has 0 bridgehead atoms. The maximum absolute atomic E-state index is 9.45. The minimum absolute atomic E-state index is 0.0914. The molecule has 8 heteroatoms. The molecule has 2 N–H and O–H groups in total. The zero-order chi connectivity index (χ0) is 25.7. The SMILES string of the molecule is CCOS(=O)(=O)[O-].CC[N+]1(CCO)CC[NH+]=C1CCCCCCCCCCCCCCC(C)C. The first-order chi connectivity index (χ1) is 16.2. The first-order valence-corrected chi connectivity index (χ1v) is 15.2. The van der Waals surface area contributed by atoms with Crippen LogP contribution in [0.3, 0.4) is 0 Å². The summed E-state index contributed by atoms with van der Waals surface area (Å²) in [4.78, 5) is 3.61. The van der Waals surface area contributed by atoms with Crippen LogP contribution in [0.25, 0.3) is 0 Å². The Balaban J connectivity index is 0.00000135. The van der Waals surface area contributed by atoms with Gasteiger partial charge in [-0.3, -0.25) is 4.18 Å². The Morgan fingerprint density at radius 1 is 0.941 bits per heavy atom. The van der Waals surface area contributed by atoms with Gasteiger partial charge < -0.3 is 9.66 Å². The molecule has 0 aliphatic carbocycles. The molecule has 1 aliphatic heterocycles. The smallest absolute Gasteiger partial charge is 0.336 e. The number of quaternary nitrogens is 1. The predicted molar refractivity (Wildman–Crippen MR) is 139 cm³/mol. The Morgan fingerprint density at radius 3 is 1.82 bits per heavy atom. The lowest BCUT2D eigenvalue weighted by atomic mass is 10.0. The van der Waals surface area contributed by atoms with Gasteiger partial charge in [0.1, 0.15) is 13.1 Å². The van der Waals surface area contributed by atoms with Crippen molar-refractivity contribution < 1.29 is 31.7 Å². The number of nitrogens with one attached hydrogen (secondary N) is 1. The maximum Gasteiger partial charge on any atom is 0.336 e. The molecule has 34 heavy (non-hydrogen) atoms. The summed E-state index contributed by atoms with van der Waals surface area (Å²) in [5, 5.41) is 9.39. The number of rotatable bonds is 20. The van der Waals surface area contributed by atoms with Gasteiger partial charge in [0.2, 0.25) is 10.4 Å². The van der Waals surface area contributed by atoms with Crippen LogP contribution in [0.2, 0.25) is 0 Å². The van der Waals surface area contributed by atoms with Gasteiger partial charge >= 0.3 is 5.84 Å². The van der Waals surface area contributed by atoms with Crippen molar-refractivity contribution in [1.82, 2.24) is 0 Å². The molecule has 0 fully saturated rings. The Labute approximate surface area is 210 Å². The average Bonchev–Trinajstić information content (AvgIpc) is 3.16. The summed E-state index contributed by atoms with van der Waals surface area (Å²) < 4.78 is 33.0. The molecule has 1 atom stereocenters. The van der Waals surface area contributed by atoms with Gasteiger partial charge in [0.05, 0.1) is 26.2 Å². The third-order valence-electron chi connectivity index (χ3n) is 6.78. The van der Waals surface area contributed by atoms with Crippen LogP contribution in [-0.4, -0.2) is 67.8 Å². The number of nitrogens with zero attached hydrogens (tertiary/aromatic N) is 1. The van der Waals surface area contributed by atoms with E-state index in [4.69, 9.17) is 0 Å². The van der Waals surface area contributed by atoms with E-state index in [1.807, 2.05) is 0 Å². The van der Waals surface area contributed by atoms with Crippen molar-refractivity contribution in [1.29, 1.82) is 0 Å². The Bertz CT molecular complexity index is 610. The summed E-state index contributed by atoms with van der Waals surface area (Å²) in [5.41, 5.74) is 0.